The van der Waals surface area contributed by atoms with Gasteiger partial charge in [-0.3, -0.25) is 0 Å². The van der Waals surface area contributed by atoms with Crippen LogP contribution in [0.1, 0.15) is 26.3 Å². The third kappa shape index (κ3) is 5.26. The zero-order chi connectivity index (χ0) is 14.3. The van der Waals surface area contributed by atoms with Gasteiger partial charge in [0.15, 0.2) is 18.2 Å². The van der Waals surface area contributed by atoms with Crippen LogP contribution >= 0.6 is 0 Å². The van der Waals surface area contributed by atoms with E-state index in [-0.39, 0.29) is 18.5 Å². The van der Waals surface area contributed by atoms with Crippen LogP contribution in [0.5, 0.6) is 5.75 Å². The SMILES string of the molecule is CCNCc1cccc(F)c1OCC(=O)OC(C)C. The molecule has 5 heteroatoms. The molecular weight excluding hydrogens is 249 g/mol. The molecule has 4 nitrogen and oxygen atoms in total. The standard InChI is InChI=1S/C14H20FNO3/c1-4-16-8-11-6-5-7-12(15)14(11)18-9-13(17)19-10(2)3/h5-7,10,16H,4,8-9H2,1-3H3. The molecule has 1 aromatic rings. The van der Waals surface area contributed by atoms with Gasteiger partial charge in [0.2, 0.25) is 0 Å². The predicted molar refractivity (Wildman–Crippen MR) is 70.5 cm³/mol. The molecule has 0 unspecified atom stereocenters. The van der Waals surface area contributed by atoms with Gasteiger partial charge in [-0.15, -0.1) is 0 Å². The third-order valence-corrected chi connectivity index (χ3v) is 2.32. The highest BCUT2D eigenvalue weighted by molar-refractivity contribution is 5.71. The van der Waals surface area contributed by atoms with E-state index in [0.29, 0.717) is 12.1 Å². The van der Waals surface area contributed by atoms with Gasteiger partial charge in [0.05, 0.1) is 6.10 Å². The number of ether oxygens (including phenoxy) is 2. The summed E-state index contributed by atoms with van der Waals surface area (Å²) in [5.41, 5.74) is 0.680. The summed E-state index contributed by atoms with van der Waals surface area (Å²) in [6.07, 6.45) is -0.210. The Morgan fingerprint density at radius 1 is 1.42 bits per heavy atom. The first kappa shape index (κ1) is 15.4. The molecule has 0 heterocycles. The fourth-order valence-corrected chi connectivity index (χ4v) is 1.54. The van der Waals surface area contributed by atoms with Gasteiger partial charge in [0.25, 0.3) is 0 Å². The van der Waals surface area contributed by atoms with Gasteiger partial charge < -0.3 is 14.8 Å². The molecule has 0 saturated heterocycles. The van der Waals surface area contributed by atoms with Crippen molar-refractivity contribution in [2.24, 2.45) is 0 Å². The number of halogens is 1. The molecule has 0 aliphatic heterocycles. The molecule has 0 bridgehead atoms. The molecule has 0 atom stereocenters. The third-order valence-electron chi connectivity index (χ3n) is 2.32. The van der Waals surface area contributed by atoms with Gasteiger partial charge in [-0.2, -0.15) is 0 Å². The lowest BCUT2D eigenvalue weighted by atomic mass is 10.2. The van der Waals surface area contributed by atoms with Crippen LogP contribution in [-0.2, 0) is 16.1 Å². The minimum Gasteiger partial charge on any atom is -0.478 e. The Morgan fingerprint density at radius 3 is 2.79 bits per heavy atom. The quantitative estimate of drug-likeness (QED) is 0.771. The number of para-hydroxylation sites is 1. The lowest BCUT2D eigenvalue weighted by Crippen LogP contribution is -2.20. The van der Waals surface area contributed by atoms with E-state index in [1.807, 2.05) is 6.92 Å². The van der Waals surface area contributed by atoms with Crippen molar-refractivity contribution >= 4 is 5.97 Å². The van der Waals surface area contributed by atoms with Crippen LogP contribution in [0, 0.1) is 5.82 Å². The zero-order valence-corrected chi connectivity index (χ0v) is 11.5. The molecule has 0 aromatic heterocycles. The van der Waals surface area contributed by atoms with Gasteiger partial charge in [0, 0.05) is 12.1 Å². The average molecular weight is 269 g/mol. The Bertz CT molecular complexity index is 421. The molecule has 0 radical (unpaired) electrons. The zero-order valence-electron chi connectivity index (χ0n) is 11.5. The van der Waals surface area contributed by atoms with E-state index >= 15 is 0 Å². The molecule has 19 heavy (non-hydrogen) atoms. The van der Waals surface area contributed by atoms with E-state index in [4.69, 9.17) is 9.47 Å². The number of esters is 1. The van der Waals surface area contributed by atoms with Crippen LogP contribution in [0.4, 0.5) is 4.39 Å². The lowest BCUT2D eigenvalue weighted by Gasteiger charge is -2.13. The number of nitrogens with one attached hydrogen (secondary N) is 1. The van der Waals surface area contributed by atoms with Crippen molar-refractivity contribution in [3.63, 3.8) is 0 Å². The Kier molecular flexibility index (Phi) is 6.29. The number of hydrogen-bond donors (Lipinski definition) is 1. The summed E-state index contributed by atoms with van der Waals surface area (Å²) < 4.78 is 23.9. The highest BCUT2D eigenvalue weighted by Gasteiger charge is 2.13. The van der Waals surface area contributed by atoms with Crippen LogP contribution in [0.15, 0.2) is 18.2 Å². The van der Waals surface area contributed by atoms with E-state index in [9.17, 15) is 9.18 Å². The maximum Gasteiger partial charge on any atom is 0.344 e. The molecular formula is C14H20FNO3. The van der Waals surface area contributed by atoms with E-state index in [2.05, 4.69) is 5.32 Å². The monoisotopic (exact) mass is 269 g/mol. The van der Waals surface area contributed by atoms with Crippen LogP contribution in [0.2, 0.25) is 0 Å². The van der Waals surface area contributed by atoms with Crippen LogP contribution in [-0.4, -0.2) is 25.2 Å². The molecule has 1 aromatic carbocycles. The van der Waals surface area contributed by atoms with Crippen molar-refractivity contribution < 1.29 is 18.7 Å². The number of rotatable bonds is 7. The van der Waals surface area contributed by atoms with Crippen LogP contribution < -0.4 is 10.1 Å². The fraction of sp³-hybridized carbons (Fsp3) is 0.500. The first-order chi connectivity index (χ1) is 9.04. The van der Waals surface area contributed by atoms with Crippen molar-refractivity contribution in [3.8, 4) is 5.75 Å². The minimum absolute atomic E-state index is 0.101. The molecule has 0 spiro atoms. The topological polar surface area (TPSA) is 47.6 Å². The van der Waals surface area contributed by atoms with E-state index < -0.39 is 11.8 Å². The Hall–Kier alpha value is -1.62. The summed E-state index contributed by atoms with van der Waals surface area (Å²) in [6, 6.07) is 4.68. The summed E-state index contributed by atoms with van der Waals surface area (Å²) in [4.78, 5) is 11.4. The second kappa shape index (κ2) is 7.74. The van der Waals surface area contributed by atoms with Gasteiger partial charge in [0.1, 0.15) is 0 Å². The average Bonchev–Trinajstić information content (AvgIpc) is 2.34. The maximum atomic E-state index is 13.7. The van der Waals surface area contributed by atoms with Gasteiger partial charge >= 0.3 is 5.97 Å². The van der Waals surface area contributed by atoms with Crippen molar-refractivity contribution in [3.05, 3.63) is 29.6 Å². The summed E-state index contributed by atoms with van der Waals surface area (Å²) in [5.74, 6) is -0.885. The number of hydrogen-bond acceptors (Lipinski definition) is 4. The summed E-state index contributed by atoms with van der Waals surface area (Å²) >= 11 is 0. The highest BCUT2D eigenvalue weighted by Crippen LogP contribution is 2.22. The van der Waals surface area contributed by atoms with Crippen LogP contribution in [0.25, 0.3) is 0 Å². The van der Waals surface area contributed by atoms with Gasteiger partial charge in [-0.1, -0.05) is 19.1 Å². The smallest absolute Gasteiger partial charge is 0.344 e. The number of carbonyl (C=O) groups excluding carboxylic acids is 1. The van der Waals surface area contributed by atoms with E-state index in [1.54, 1.807) is 26.0 Å². The van der Waals surface area contributed by atoms with Crippen molar-refractivity contribution in [1.82, 2.24) is 5.32 Å². The molecule has 0 amide bonds. The second-order valence-corrected chi connectivity index (χ2v) is 4.34. The largest absolute Gasteiger partial charge is 0.478 e. The van der Waals surface area contributed by atoms with Gasteiger partial charge in [-0.25, -0.2) is 9.18 Å². The molecule has 106 valence electrons. The van der Waals surface area contributed by atoms with Crippen LogP contribution in [0.3, 0.4) is 0 Å². The summed E-state index contributed by atoms with van der Waals surface area (Å²) in [5, 5.41) is 3.09. The molecule has 0 saturated carbocycles. The van der Waals surface area contributed by atoms with Crippen molar-refractivity contribution in [2.45, 2.75) is 33.4 Å². The summed E-state index contributed by atoms with van der Waals surface area (Å²) in [6.45, 7) is 6.42. The Morgan fingerprint density at radius 2 is 2.16 bits per heavy atom. The molecule has 0 aliphatic rings. The van der Waals surface area contributed by atoms with Gasteiger partial charge in [-0.05, 0) is 26.5 Å². The predicted octanol–water partition coefficient (Wildman–Crippen LogP) is 2.27. The first-order valence-electron chi connectivity index (χ1n) is 6.35. The first-order valence-corrected chi connectivity index (χ1v) is 6.35. The van der Waals surface area contributed by atoms with Crippen molar-refractivity contribution in [1.29, 1.82) is 0 Å². The Labute approximate surface area is 112 Å². The lowest BCUT2D eigenvalue weighted by molar-refractivity contribution is -0.149. The fourth-order valence-electron chi connectivity index (χ4n) is 1.54. The minimum atomic E-state index is -0.507. The number of carbonyl (C=O) groups is 1. The van der Waals surface area contributed by atoms with Crippen molar-refractivity contribution in [2.75, 3.05) is 13.2 Å². The molecule has 1 rings (SSSR count). The normalized spacial score (nSPS) is 10.6. The second-order valence-electron chi connectivity index (χ2n) is 4.34. The van der Waals surface area contributed by atoms with E-state index in [0.717, 1.165) is 6.54 Å². The summed E-state index contributed by atoms with van der Waals surface area (Å²) in [7, 11) is 0. The number of benzene rings is 1. The molecule has 1 N–H and O–H groups in total. The van der Waals surface area contributed by atoms with E-state index in [1.165, 1.54) is 6.07 Å². The molecule has 0 fully saturated rings. The Balaban J connectivity index is 2.68. The highest BCUT2D eigenvalue weighted by atomic mass is 19.1. The maximum absolute atomic E-state index is 13.7. The molecule has 0 aliphatic carbocycles.